The monoisotopic (exact) mass is 226 g/mol. The van der Waals surface area contributed by atoms with Crippen LogP contribution in [0.1, 0.15) is 51.6 Å². The van der Waals surface area contributed by atoms with Crippen molar-refractivity contribution in [2.24, 2.45) is 0 Å². The van der Waals surface area contributed by atoms with Gasteiger partial charge in [0.2, 0.25) is 0 Å². The number of aromatic amines is 1. The lowest BCUT2D eigenvalue weighted by Gasteiger charge is -2.00. The quantitative estimate of drug-likeness (QED) is 0.549. The van der Waals surface area contributed by atoms with Gasteiger partial charge in [-0.05, 0) is 25.1 Å². The van der Waals surface area contributed by atoms with Gasteiger partial charge in [0.05, 0.1) is 0 Å². The maximum Gasteiger partial charge on any atom is 0.177 e. The first kappa shape index (κ1) is 12.5. The van der Waals surface area contributed by atoms with Crippen LogP contribution < -0.4 is 0 Å². The molecule has 1 aromatic heterocycles. The Balaban J connectivity index is 2.43. The summed E-state index contributed by atoms with van der Waals surface area (Å²) < 4.78 is 3.06. The van der Waals surface area contributed by atoms with Crippen molar-refractivity contribution in [3.05, 3.63) is 16.7 Å². The molecule has 0 unspecified atom stereocenters. The normalized spacial score (nSPS) is 10.8. The Bertz CT molecular complexity index is 325. The van der Waals surface area contributed by atoms with Gasteiger partial charge in [-0.15, -0.1) is 0 Å². The van der Waals surface area contributed by atoms with E-state index in [1.165, 1.54) is 37.8 Å². The van der Waals surface area contributed by atoms with Gasteiger partial charge in [-0.25, -0.2) is 0 Å². The van der Waals surface area contributed by atoms with Gasteiger partial charge in [-0.3, -0.25) is 0 Å². The molecule has 0 aliphatic rings. The second-order valence-electron chi connectivity index (χ2n) is 4.09. The summed E-state index contributed by atoms with van der Waals surface area (Å²) in [5.41, 5.74) is 1.28. The topological polar surface area (TPSA) is 20.7 Å². The Morgan fingerprint density at radius 2 is 2.00 bits per heavy atom. The van der Waals surface area contributed by atoms with Gasteiger partial charge in [-0.2, -0.15) is 0 Å². The van der Waals surface area contributed by atoms with E-state index in [1.54, 1.807) is 0 Å². The number of imidazole rings is 1. The second-order valence-corrected chi connectivity index (χ2v) is 4.48. The molecule has 0 saturated carbocycles. The van der Waals surface area contributed by atoms with Crippen molar-refractivity contribution in [2.45, 2.75) is 58.9 Å². The number of H-pyrrole nitrogens is 1. The third-order valence-corrected chi connectivity index (χ3v) is 2.95. The summed E-state index contributed by atoms with van der Waals surface area (Å²) >= 11 is 5.27. The molecular formula is C12H22N2S. The van der Waals surface area contributed by atoms with Crippen molar-refractivity contribution in [1.82, 2.24) is 9.55 Å². The standard InChI is InChI=1S/C12H22N2S/c1-3-5-6-7-9-14-10-11(8-4-2)13-12(14)15/h10H,3-9H2,1-2H3,(H,13,15). The predicted molar refractivity (Wildman–Crippen MR) is 67.8 cm³/mol. The van der Waals surface area contributed by atoms with Crippen LogP contribution in [0.3, 0.4) is 0 Å². The van der Waals surface area contributed by atoms with Crippen LogP contribution >= 0.6 is 12.2 Å². The molecule has 15 heavy (non-hydrogen) atoms. The number of hydrogen-bond acceptors (Lipinski definition) is 1. The number of aryl methyl sites for hydroxylation is 2. The van der Waals surface area contributed by atoms with Crippen LogP contribution in [0.4, 0.5) is 0 Å². The summed E-state index contributed by atoms with van der Waals surface area (Å²) in [6.45, 7) is 5.50. The minimum Gasteiger partial charge on any atom is -0.335 e. The fraction of sp³-hybridized carbons (Fsp3) is 0.750. The highest BCUT2D eigenvalue weighted by Crippen LogP contribution is 2.06. The smallest absolute Gasteiger partial charge is 0.177 e. The first-order valence-corrected chi connectivity index (χ1v) is 6.47. The van der Waals surface area contributed by atoms with E-state index in [0.717, 1.165) is 17.7 Å². The number of nitrogens with one attached hydrogen (secondary N) is 1. The molecule has 0 aromatic carbocycles. The number of aromatic nitrogens is 2. The Morgan fingerprint density at radius 3 is 2.67 bits per heavy atom. The maximum absolute atomic E-state index is 5.27. The summed E-state index contributed by atoms with van der Waals surface area (Å²) in [6, 6.07) is 0. The van der Waals surface area contributed by atoms with Gasteiger partial charge < -0.3 is 9.55 Å². The van der Waals surface area contributed by atoms with Gasteiger partial charge in [0.1, 0.15) is 0 Å². The molecule has 2 nitrogen and oxygen atoms in total. The van der Waals surface area contributed by atoms with Crippen molar-refractivity contribution in [3.63, 3.8) is 0 Å². The average molecular weight is 226 g/mol. The fourth-order valence-corrected chi connectivity index (χ4v) is 2.03. The first-order valence-electron chi connectivity index (χ1n) is 6.06. The van der Waals surface area contributed by atoms with Crippen molar-refractivity contribution in [2.75, 3.05) is 0 Å². The Labute approximate surface area is 97.7 Å². The van der Waals surface area contributed by atoms with E-state index >= 15 is 0 Å². The van der Waals surface area contributed by atoms with Gasteiger partial charge in [0.25, 0.3) is 0 Å². The summed E-state index contributed by atoms with van der Waals surface area (Å²) in [5.74, 6) is 0. The van der Waals surface area contributed by atoms with Gasteiger partial charge in [0.15, 0.2) is 4.77 Å². The summed E-state index contributed by atoms with van der Waals surface area (Å²) in [6.07, 6.45) is 9.63. The maximum atomic E-state index is 5.27. The van der Waals surface area contributed by atoms with E-state index in [4.69, 9.17) is 12.2 Å². The predicted octanol–water partition coefficient (Wildman–Crippen LogP) is 4.08. The molecule has 1 N–H and O–H groups in total. The highest BCUT2D eigenvalue weighted by molar-refractivity contribution is 7.71. The Kier molecular flexibility index (Phi) is 5.69. The van der Waals surface area contributed by atoms with E-state index in [1.807, 2.05) is 0 Å². The van der Waals surface area contributed by atoms with Crippen molar-refractivity contribution < 1.29 is 0 Å². The average Bonchev–Trinajstić information content (AvgIpc) is 2.55. The van der Waals surface area contributed by atoms with E-state index < -0.39 is 0 Å². The van der Waals surface area contributed by atoms with E-state index in [2.05, 4.69) is 29.6 Å². The van der Waals surface area contributed by atoms with Gasteiger partial charge in [0, 0.05) is 18.4 Å². The Morgan fingerprint density at radius 1 is 1.20 bits per heavy atom. The molecule has 1 heterocycles. The third kappa shape index (κ3) is 4.20. The lowest BCUT2D eigenvalue weighted by Crippen LogP contribution is -1.96. The lowest BCUT2D eigenvalue weighted by molar-refractivity contribution is 0.578. The number of unbranched alkanes of at least 4 members (excludes halogenated alkanes) is 3. The molecule has 0 radical (unpaired) electrons. The lowest BCUT2D eigenvalue weighted by atomic mass is 10.2. The molecule has 0 spiro atoms. The van der Waals surface area contributed by atoms with Crippen molar-refractivity contribution >= 4 is 12.2 Å². The molecule has 1 aromatic rings. The first-order chi connectivity index (χ1) is 7.27. The van der Waals surface area contributed by atoms with Crippen molar-refractivity contribution in [3.8, 4) is 0 Å². The van der Waals surface area contributed by atoms with E-state index in [-0.39, 0.29) is 0 Å². The molecule has 86 valence electrons. The van der Waals surface area contributed by atoms with Crippen LogP contribution in [0.15, 0.2) is 6.20 Å². The molecule has 0 fully saturated rings. The largest absolute Gasteiger partial charge is 0.335 e. The highest BCUT2D eigenvalue weighted by atomic mass is 32.1. The number of hydrogen-bond donors (Lipinski definition) is 1. The molecule has 0 aliphatic carbocycles. The van der Waals surface area contributed by atoms with Crippen LogP contribution in [0.2, 0.25) is 0 Å². The van der Waals surface area contributed by atoms with E-state index in [0.29, 0.717) is 0 Å². The number of nitrogens with zero attached hydrogens (tertiary/aromatic N) is 1. The molecule has 0 aliphatic heterocycles. The fourth-order valence-electron chi connectivity index (χ4n) is 1.76. The minimum absolute atomic E-state index is 0.884. The van der Waals surface area contributed by atoms with Crippen LogP contribution in [-0.4, -0.2) is 9.55 Å². The Hall–Kier alpha value is -0.570. The highest BCUT2D eigenvalue weighted by Gasteiger charge is 1.99. The zero-order chi connectivity index (χ0) is 11.1. The molecule has 0 bridgehead atoms. The number of rotatable bonds is 7. The van der Waals surface area contributed by atoms with E-state index in [9.17, 15) is 0 Å². The molecular weight excluding hydrogens is 204 g/mol. The molecule has 3 heteroatoms. The zero-order valence-electron chi connectivity index (χ0n) is 9.88. The van der Waals surface area contributed by atoms with Crippen LogP contribution in [0, 0.1) is 4.77 Å². The van der Waals surface area contributed by atoms with Crippen LogP contribution in [0.5, 0.6) is 0 Å². The molecule has 0 atom stereocenters. The molecule has 0 amide bonds. The van der Waals surface area contributed by atoms with Crippen molar-refractivity contribution in [1.29, 1.82) is 0 Å². The third-order valence-electron chi connectivity index (χ3n) is 2.61. The summed E-state index contributed by atoms with van der Waals surface area (Å²) in [4.78, 5) is 3.26. The van der Waals surface area contributed by atoms with Gasteiger partial charge >= 0.3 is 0 Å². The second kappa shape index (κ2) is 6.83. The SMILES string of the molecule is CCCCCCn1cc(CCC)[nH]c1=S. The molecule has 0 saturated heterocycles. The minimum atomic E-state index is 0.884. The van der Waals surface area contributed by atoms with Crippen LogP contribution in [0.25, 0.3) is 0 Å². The van der Waals surface area contributed by atoms with Gasteiger partial charge in [-0.1, -0.05) is 39.5 Å². The summed E-state index contributed by atoms with van der Waals surface area (Å²) in [5, 5.41) is 0. The van der Waals surface area contributed by atoms with Crippen LogP contribution in [-0.2, 0) is 13.0 Å². The zero-order valence-corrected chi connectivity index (χ0v) is 10.7. The molecule has 1 rings (SSSR count). The summed E-state index contributed by atoms with van der Waals surface area (Å²) in [7, 11) is 0.